The van der Waals surface area contributed by atoms with Crippen LogP contribution in [-0.4, -0.2) is 75.0 Å². The first-order chi connectivity index (χ1) is 16.2. The summed E-state index contributed by atoms with van der Waals surface area (Å²) in [5, 5.41) is 3.50. The molecule has 1 aromatic carbocycles. The fraction of sp³-hybridized carbons (Fsp3) is 0.286. The van der Waals surface area contributed by atoms with Crippen LogP contribution >= 0.6 is 0 Å². The molecular formula is C21H22N4O8S. The monoisotopic (exact) mass is 490 g/mol. The molecule has 12 nitrogen and oxygen atoms in total. The summed E-state index contributed by atoms with van der Waals surface area (Å²) in [4.78, 5) is 25.6. The van der Waals surface area contributed by atoms with Crippen LogP contribution in [0.5, 0.6) is 11.5 Å². The third-order valence-corrected chi connectivity index (χ3v) is 7.12. The summed E-state index contributed by atoms with van der Waals surface area (Å²) < 4.78 is 47.7. The molecule has 1 saturated heterocycles. The predicted octanol–water partition coefficient (Wildman–Crippen LogP) is 1.20. The van der Waals surface area contributed by atoms with E-state index < -0.39 is 21.8 Å². The minimum atomic E-state index is -3.97. The first-order valence-electron chi connectivity index (χ1n) is 10.1. The Morgan fingerprint density at radius 3 is 2.38 bits per heavy atom. The molecule has 180 valence electrons. The Hall–Kier alpha value is -3.84. The average molecular weight is 490 g/mol. The number of rotatable bonds is 7. The van der Waals surface area contributed by atoms with Gasteiger partial charge in [-0.25, -0.2) is 8.42 Å². The number of hydrogen-bond acceptors (Lipinski definition) is 9. The minimum absolute atomic E-state index is 0.0368. The number of benzene rings is 1. The summed E-state index contributed by atoms with van der Waals surface area (Å²) in [5.41, 5.74) is 5.76. The summed E-state index contributed by atoms with van der Waals surface area (Å²) in [6.07, 6.45) is 0. The second-order valence-corrected chi connectivity index (χ2v) is 9.19. The number of carbonyl (C=O) groups is 2. The Kier molecular flexibility index (Phi) is 6.30. The highest BCUT2D eigenvalue weighted by atomic mass is 32.2. The molecule has 1 aliphatic heterocycles. The summed E-state index contributed by atoms with van der Waals surface area (Å²) in [6.45, 7) is 0.336. The second kappa shape index (κ2) is 9.19. The van der Waals surface area contributed by atoms with Crippen molar-refractivity contribution in [2.24, 2.45) is 5.73 Å². The van der Waals surface area contributed by atoms with Gasteiger partial charge in [-0.05, 0) is 30.3 Å². The van der Waals surface area contributed by atoms with Crippen molar-refractivity contribution in [1.82, 2.24) is 14.4 Å². The molecule has 1 aliphatic rings. The highest BCUT2D eigenvalue weighted by Gasteiger charge is 2.33. The number of carbonyl (C=O) groups excluding carboxylic acids is 2. The van der Waals surface area contributed by atoms with Crippen LogP contribution in [0.4, 0.5) is 0 Å². The Bertz CT molecular complexity index is 1320. The summed E-state index contributed by atoms with van der Waals surface area (Å²) >= 11 is 0. The summed E-state index contributed by atoms with van der Waals surface area (Å²) in [6, 6.07) is 9.02. The van der Waals surface area contributed by atoms with Crippen LogP contribution < -0.4 is 15.2 Å². The van der Waals surface area contributed by atoms with Gasteiger partial charge in [-0.15, -0.1) is 0 Å². The first kappa shape index (κ1) is 23.3. The van der Waals surface area contributed by atoms with Crippen LogP contribution in [0.3, 0.4) is 0 Å². The van der Waals surface area contributed by atoms with Crippen LogP contribution in [0, 0.1) is 0 Å². The molecule has 0 unspecified atom stereocenters. The average Bonchev–Trinajstić information content (AvgIpc) is 3.54. The number of aromatic nitrogens is 1. The van der Waals surface area contributed by atoms with Crippen LogP contribution in [0.15, 0.2) is 50.4 Å². The van der Waals surface area contributed by atoms with E-state index in [9.17, 15) is 18.0 Å². The number of sulfonamides is 1. The lowest BCUT2D eigenvalue weighted by Crippen LogP contribution is -2.50. The SMILES string of the molecule is COc1ccc(OC)c(-c2cc(C(=O)N3CCN(S(=O)(=O)c4ccc(C(N)=O)o4)CC3)no2)c1. The van der Waals surface area contributed by atoms with Gasteiger partial charge >= 0.3 is 0 Å². The van der Waals surface area contributed by atoms with Crippen LogP contribution in [0.25, 0.3) is 11.3 Å². The van der Waals surface area contributed by atoms with Crippen LogP contribution in [-0.2, 0) is 10.0 Å². The van der Waals surface area contributed by atoms with Crippen molar-refractivity contribution in [2.75, 3.05) is 40.4 Å². The molecule has 0 aliphatic carbocycles. The van der Waals surface area contributed by atoms with Crippen molar-refractivity contribution in [2.45, 2.75) is 5.09 Å². The van der Waals surface area contributed by atoms with Crippen LogP contribution in [0.2, 0.25) is 0 Å². The van der Waals surface area contributed by atoms with Crippen molar-refractivity contribution in [1.29, 1.82) is 0 Å². The van der Waals surface area contributed by atoms with E-state index in [1.54, 1.807) is 18.2 Å². The molecule has 0 spiro atoms. The van der Waals surface area contributed by atoms with Crippen molar-refractivity contribution in [3.05, 3.63) is 47.9 Å². The molecule has 2 amide bonds. The molecule has 0 atom stereocenters. The van der Waals surface area contributed by atoms with Crippen molar-refractivity contribution >= 4 is 21.8 Å². The lowest BCUT2D eigenvalue weighted by molar-refractivity contribution is 0.0686. The largest absolute Gasteiger partial charge is 0.497 e. The summed E-state index contributed by atoms with van der Waals surface area (Å²) in [7, 11) is -0.930. The van der Waals surface area contributed by atoms with Crippen molar-refractivity contribution < 1.29 is 36.4 Å². The number of furan rings is 1. The highest BCUT2D eigenvalue weighted by molar-refractivity contribution is 7.89. The molecule has 1 fully saturated rings. The van der Waals surface area contributed by atoms with E-state index in [0.717, 1.165) is 0 Å². The van der Waals surface area contributed by atoms with E-state index in [-0.39, 0.29) is 42.7 Å². The maximum Gasteiger partial charge on any atom is 0.284 e. The zero-order valence-corrected chi connectivity index (χ0v) is 19.2. The van der Waals surface area contributed by atoms with Gasteiger partial charge in [0.1, 0.15) is 11.5 Å². The maximum absolute atomic E-state index is 12.9. The van der Waals surface area contributed by atoms with Gasteiger partial charge in [-0.1, -0.05) is 5.16 Å². The van der Waals surface area contributed by atoms with Gasteiger partial charge in [0.2, 0.25) is 5.09 Å². The highest BCUT2D eigenvalue weighted by Crippen LogP contribution is 2.34. The fourth-order valence-electron chi connectivity index (χ4n) is 3.52. The third kappa shape index (κ3) is 4.34. The van der Waals surface area contributed by atoms with E-state index in [4.69, 9.17) is 24.1 Å². The van der Waals surface area contributed by atoms with Crippen molar-refractivity contribution in [3.63, 3.8) is 0 Å². The minimum Gasteiger partial charge on any atom is -0.497 e. The van der Waals surface area contributed by atoms with Gasteiger partial charge in [-0.3, -0.25) is 9.59 Å². The molecule has 34 heavy (non-hydrogen) atoms. The number of hydrogen-bond donors (Lipinski definition) is 1. The fourth-order valence-corrected chi connectivity index (χ4v) is 4.86. The molecular weight excluding hydrogens is 468 g/mol. The Morgan fingerprint density at radius 1 is 1.03 bits per heavy atom. The smallest absolute Gasteiger partial charge is 0.284 e. The maximum atomic E-state index is 12.9. The molecule has 3 heterocycles. The predicted molar refractivity (Wildman–Crippen MR) is 117 cm³/mol. The number of primary amides is 1. The van der Waals surface area contributed by atoms with E-state index in [0.29, 0.717) is 22.8 Å². The molecule has 13 heteroatoms. The molecule has 0 saturated carbocycles. The van der Waals surface area contributed by atoms with E-state index in [1.165, 1.54) is 41.6 Å². The lowest BCUT2D eigenvalue weighted by Gasteiger charge is -2.32. The zero-order valence-electron chi connectivity index (χ0n) is 18.4. The summed E-state index contributed by atoms with van der Waals surface area (Å²) in [5.74, 6) is -0.0901. The number of piperazine rings is 1. The number of methoxy groups -OCH3 is 2. The van der Waals surface area contributed by atoms with E-state index in [2.05, 4.69) is 5.16 Å². The van der Waals surface area contributed by atoms with Crippen LogP contribution in [0.1, 0.15) is 21.0 Å². The van der Waals surface area contributed by atoms with E-state index in [1.807, 2.05) is 0 Å². The topological polar surface area (TPSA) is 158 Å². The Balaban J connectivity index is 1.45. The molecule has 2 aromatic heterocycles. The number of ether oxygens (including phenoxy) is 2. The Morgan fingerprint density at radius 2 is 1.76 bits per heavy atom. The lowest BCUT2D eigenvalue weighted by atomic mass is 10.1. The Labute approximate surface area is 194 Å². The van der Waals surface area contributed by atoms with Crippen molar-refractivity contribution in [3.8, 4) is 22.8 Å². The standard InChI is InChI=1S/C21H22N4O8S/c1-30-13-3-4-16(31-2)14(11-13)18-12-15(23-33-18)21(27)24-7-9-25(10-8-24)34(28,29)19-6-5-17(32-19)20(22)26/h3-6,11-12H,7-10H2,1-2H3,(H2,22,26). The molecule has 4 rings (SSSR count). The zero-order chi connectivity index (χ0) is 24.5. The third-order valence-electron chi connectivity index (χ3n) is 5.35. The quantitative estimate of drug-likeness (QED) is 0.513. The number of amides is 2. The normalized spacial score (nSPS) is 14.7. The second-order valence-electron chi connectivity index (χ2n) is 7.32. The van der Waals surface area contributed by atoms with Gasteiger partial charge in [0.25, 0.3) is 21.8 Å². The van der Waals surface area contributed by atoms with E-state index >= 15 is 0 Å². The molecule has 0 bridgehead atoms. The molecule has 0 radical (unpaired) electrons. The first-order valence-corrected chi connectivity index (χ1v) is 11.6. The van der Waals surface area contributed by atoms with Gasteiger partial charge in [-0.2, -0.15) is 4.31 Å². The number of nitrogens with zero attached hydrogens (tertiary/aromatic N) is 3. The van der Waals surface area contributed by atoms with Gasteiger partial charge in [0, 0.05) is 32.2 Å². The molecule has 3 aromatic rings. The van der Waals surface area contributed by atoms with Gasteiger partial charge in [0.15, 0.2) is 17.2 Å². The van der Waals surface area contributed by atoms with Gasteiger partial charge in [0.05, 0.1) is 19.8 Å². The van der Waals surface area contributed by atoms with Gasteiger partial charge < -0.3 is 29.0 Å². The molecule has 2 N–H and O–H groups in total. The number of nitrogens with two attached hydrogens (primary N) is 1.